The van der Waals surface area contributed by atoms with Gasteiger partial charge in [-0.05, 0) is 19.8 Å². The SMILES string of the molecule is CC(O)C(N)c1nc(CC2CCCO2)no1. The molecule has 6 heteroatoms. The first kappa shape index (κ1) is 11.5. The largest absolute Gasteiger partial charge is 0.391 e. The maximum absolute atomic E-state index is 9.29. The molecule has 1 fully saturated rings. The molecule has 16 heavy (non-hydrogen) atoms. The van der Waals surface area contributed by atoms with Crippen LogP contribution in [0.5, 0.6) is 0 Å². The highest BCUT2D eigenvalue weighted by molar-refractivity contribution is 4.95. The van der Waals surface area contributed by atoms with Gasteiger partial charge >= 0.3 is 0 Å². The maximum atomic E-state index is 9.29. The summed E-state index contributed by atoms with van der Waals surface area (Å²) >= 11 is 0. The normalized spacial score (nSPS) is 24.6. The van der Waals surface area contributed by atoms with Crippen LogP contribution >= 0.6 is 0 Å². The van der Waals surface area contributed by atoms with Crippen LogP contribution in [0.4, 0.5) is 0 Å². The summed E-state index contributed by atoms with van der Waals surface area (Å²) in [6, 6.07) is -0.620. The Hall–Kier alpha value is -0.980. The van der Waals surface area contributed by atoms with E-state index in [9.17, 15) is 5.11 Å². The first-order valence-electron chi connectivity index (χ1n) is 5.54. The van der Waals surface area contributed by atoms with Gasteiger partial charge in [0.25, 0.3) is 0 Å². The Balaban J connectivity index is 1.96. The van der Waals surface area contributed by atoms with Crippen LogP contribution in [0.15, 0.2) is 4.52 Å². The monoisotopic (exact) mass is 227 g/mol. The van der Waals surface area contributed by atoms with E-state index in [2.05, 4.69) is 10.1 Å². The second-order valence-electron chi connectivity index (χ2n) is 4.15. The van der Waals surface area contributed by atoms with Crippen molar-refractivity contribution in [2.75, 3.05) is 6.61 Å². The molecule has 2 rings (SSSR count). The van der Waals surface area contributed by atoms with Crippen LogP contribution in [0.3, 0.4) is 0 Å². The lowest BCUT2D eigenvalue weighted by atomic mass is 10.2. The highest BCUT2D eigenvalue weighted by atomic mass is 16.5. The number of aromatic nitrogens is 2. The number of rotatable bonds is 4. The zero-order valence-electron chi connectivity index (χ0n) is 9.30. The summed E-state index contributed by atoms with van der Waals surface area (Å²) in [7, 11) is 0. The molecule has 0 radical (unpaired) electrons. The van der Waals surface area contributed by atoms with Gasteiger partial charge in [-0.2, -0.15) is 4.98 Å². The van der Waals surface area contributed by atoms with E-state index in [1.54, 1.807) is 6.92 Å². The van der Waals surface area contributed by atoms with Crippen molar-refractivity contribution in [2.45, 2.75) is 44.4 Å². The van der Waals surface area contributed by atoms with Gasteiger partial charge in [-0.1, -0.05) is 5.16 Å². The van der Waals surface area contributed by atoms with Gasteiger partial charge in [0.15, 0.2) is 5.82 Å². The maximum Gasteiger partial charge on any atom is 0.246 e. The van der Waals surface area contributed by atoms with Gasteiger partial charge in [-0.15, -0.1) is 0 Å². The van der Waals surface area contributed by atoms with Crippen LogP contribution in [-0.4, -0.2) is 34.1 Å². The molecule has 3 unspecified atom stereocenters. The molecule has 3 atom stereocenters. The first-order chi connectivity index (χ1) is 7.66. The number of hydrogen-bond donors (Lipinski definition) is 2. The Morgan fingerprint density at radius 1 is 1.62 bits per heavy atom. The molecule has 0 amide bonds. The third-order valence-electron chi connectivity index (χ3n) is 2.72. The van der Waals surface area contributed by atoms with E-state index < -0.39 is 12.1 Å². The molecule has 90 valence electrons. The minimum atomic E-state index is -0.698. The van der Waals surface area contributed by atoms with Crippen LogP contribution in [0, 0.1) is 0 Å². The first-order valence-corrected chi connectivity index (χ1v) is 5.54. The van der Waals surface area contributed by atoms with Crippen molar-refractivity contribution in [1.29, 1.82) is 0 Å². The fourth-order valence-electron chi connectivity index (χ4n) is 1.70. The zero-order valence-corrected chi connectivity index (χ0v) is 9.30. The van der Waals surface area contributed by atoms with Crippen molar-refractivity contribution in [3.63, 3.8) is 0 Å². The molecule has 0 bridgehead atoms. The molecule has 0 aromatic carbocycles. The molecular weight excluding hydrogens is 210 g/mol. The third-order valence-corrected chi connectivity index (χ3v) is 2.72. The van der Waals surface area contributed by atoms with Crippen LogP contribution < -0.4 is 5.73 Å². The van der Waals surface area contributed by atoms with Crippen molar-refractivity contribution in [2.24, 2.45) is 5.73 Å². The quantitative estimate of drug-likeness (QED) is 0.761. The van der Waals surface area contributed by atoms with Gasteiger partial charge < -0.3 is 20.1 Å². The fourth-order valence-corrected chi connectivity index (χ4v) is 1.70. The van der Waals surface area contributed by atoms with E-state index in [-0.39, 0.29) is 12.0 Å². The Morgan fingerprint density at radius 3 is 3.06 bits per heavy atom. The number of aliphatic hydroxyl groups is 1. The lowest BCUT2D eigenvalue weighted by molar-refractivity contribution is 0.109. The van der Waals surface area contributed by atoms with Crippen molar-refractivity contribution in [3.8, 4) is 0 Å². The van der Waals surface area contributed by atoms with Crippen LogP contribution in [0.1, 0.15) is 37.5 Å². The highest BCUT2D eigenvalue weighted by Gasteiger charge is 2.22. The molecule has 1 aliphatic rings. The lowest BCUT2D eigenvalue weighted by Gasteiger charge is -2.08. The van der Waals surface area contributed by atoms with Crippen LogP contribution in [-0.2, 0) is 11.2 Å². The van der Waals surface area contributed by atoms with Gasteiger partial charge in [-0.25, -0.2) is 0 Å². The Kier molecular flexibility index (Phi) is 3.52. The molecule has 3 N–H and O–H groups in total. The lowest BCUT2D eigenvalue weighted by Crippen LogP contribution is -2.23. The number of ether oxygens (including phenoxy) is 1. The van der Waals surface area contributed by atoms with Crippen molar-refractivity contribution < 1.29 is 14.4 Å². The van der Waals surface area contributed by atoms with Crippen LogP contribution in [0.2, 0.25) is 0 Å². The van der Waals surface area contributed by atoms with Crippen molar-refractivity contribution >= 4 is 0 Å². The van der Waals surface area contributed by atoms with E-state index >= 15 is 0 Å². The topological polar surface area (TPSA) is 94.4 Å². The second kappa shape index (κ2) is 4.90. The number of hydrogen-bond acceptors (Lipinski definition) is 6. The summed E-state index contributed by atoms with van der Waals surface area (Å²) < 4.78 is 10.5. The Morgan fingerprint density at radius 2 is 2.44 bits per heavy atom. The summed E-state index contributed by atoms with van der Waals surface area (Å²) in [5, 5.41) is 13.1. The average molecular weight is 227 g/mol. The predicted molar refractivity (Wildman–Crippen MR) is 55.6 cm³/mol. The van der Waals surface area contributed by atoms with Crippen molar-refractivity contribution in [1.82, 2.24) is 10.1 Å². The number of nitrogens with zero attached hydrogens (tertiary/aromatic N) is 2. The minimum absolute atomic E-state index is 0.188. The van der Waals surface area contributed by atoms with Gasteiger partial charge in [0.2, 0.25) is 5.89 Å². The molecule has 2 heterocycles. The van der Waals surface area contributed by atoms with Gasteiger partial charge in [-0.3, -0.25) is 0 Å². The number of nitrogens with two attached hydrogens (primary N) is 1. The fraction of sp³-hybridized carbons (Fsp3) is 0.800. The predicted octanol–water partition coefficient (Wildman–Crippen LogP) is 0.172. The molecule has 0 aliphatic carbocycles. The summed E-state index contributed by atoms with van der Waals surface area (Å²) in [5.41, 5.74) is 5.68. The van der Waals surface area contributed by atoms with E-state index in [0.717, 1.165) is 19.4 Å². The smallest absolute Gasteiger partial charge is 0.246 e. The van der Waals surface area contributed by atoms with Gasteiger partial charge in [0.1, 0.15) is 6.04 Å². The summed E-state index contributed by atoms with van der Waals surface area (Å²) in [4.78, 5) is 4.15. The standard InChI is InChI=1S/C10H17N3O3/c1-6(14)9(11)10-12-8(13-16-10)5-7-3-2-4-15-7/h6-7,9,14H,2-5,11H2,1H3. The highest BCUT2D eigenvalue weighted by Crippen LogP contribution is 2.17. The molecule has 1 aromatic heterocycles. The summed E-state index contributed by atoms with van der Waals surface area (Å²) in [6.07, 6.45) is 2.26. The van der Waals surface area contributed by atoms with Gasteiger partial charge in [0, 0.05) is 13.0 Å². The minimum Gasteiger partial charge on any atom is -0.391 e. The molecular formula is C10H17N3O3. The van der Waals surface area contributed by atoms with E-state index in [0.29, 0.717) is 12.2 Å². The van der Waals surface area contributed by atoms with E-state index in [1.807, 2.05) is 0 Å². The molecule has 1 aliphatic heterocycles. The van der Waals surface area contributed by atoms with E-state index in [4.69, 9.17) is 15.0 Å². The molecule has 1 aromatic rings. The molecule has 1 saturated heterocycles. The molecule has 0 saturated carbocycles. The molecule has 6 nitrogen and oxygen atoms in total. The van der Waals surface area contributed by atoms with Crippen LogP contribution in [0.25, 0.3) is 0 Å². The Labute approximate surface area is 93.8 Å². The zero-order chi connectivity index (χ0) is 11.5. The molecule has 0 spiro atoms. The third kappa shape index (κ3) is 2.58. The average Bonchev–Trinajstić information content (AvgIpc) is 2.88. The Bertz CT molecular complexity index is 334. The van der Waals surface area contributed by atoms with Crippen molar-refractivity contribution in [3.05, 3.63) is 11.7 Å². The summed E-state index contributed by atoms with van der Waals surface area (Å²) in [6.45, 7) is 2.40. The number of aliphatic hydroxyl groups excluding tert-OH is 1. The van der Waals surface area contributed by atoms with Gasteiger partial charge in [0.05, 0.1) is 12.2 Å². The van der Waals surface area contributed by atoms with E-state index in [1.165, 1.54) is 0 Å². The summed E-state index contributed by atoms with van der Waals surface area (Å²) in [5.74, 6) is 0.876. The second-order valence-corrected chi connectivity index (χ2v) is 4.15.